The van der Waals surface area contributed by atoms with Crippen molar-refractivity contribution in [3.05, 3.63) is 22.8 Å². The van der Waals surface area contributed by atoms with Gasteiger partial charge in [-0.15, -0.1) is 0 Å². The second-order valence-corrected chi connectivity index (χ2v) is 5.34. The van der Waals surface area contributed by atoms with Crippen LogP contribution in [0.25, 0.3) is 0 Å². The Morgan fingerprint density at radius 3 is 2.89 bits per heavy atom. The number of aromatic nitrogens is 1. The highest BCUT2D eigenvalue weighted by molar-refractivity contribution is 9.10. The SMILES string of the molecule is CC(C)CN(CCC(N)=NO)c1ncccc1Br. The molecule has 1 aromatic rings. The number of nitrogens with two attached hydrogens (primary N) is 1. The minimum atomic E-state index is 0.232. The molecule has 1 heterocycles. The van der Waals surface area contributed by atoms with E-state index in [4.69, 9.17) is 10.9 Å². The monoisotopic (exact) mass is 314 g/mol. The van der Waals surface area contributed by atoms with Crippen LogP contribution in [0.15, 0.2) is 28.0 Å². The van der Waals surface area contributed by atoms with Gasteiger partial charge in [-0.25, -0.2) is 4.98 Å². The summed E-state index contributed by atoms with van der Waals surface area (Å²) >= 11 is 3.50. The summed E-state index contributed by atoms with van der Waals surface area (Å²) in [5.74, 6) is 1.62. The van der Waals surface area contributed by atoms with E-state index in [1.54, 1.807) is 6.20 Å². The Labute approximate surface area is 116 Å². The van der Waals surface area contributed by atoms with Gasteiger partial charge in [0, 0.05) is 25.7 Å². The molecule has 0 unspecified atom stereocenters. The van der Waals surface area contributed by atoms with Crippen LogP contribution in [-0.4, -0.2) is 29.1 Å². The highest BCUT2D eigenvalue weighted by atomic mass is 79.9. The van der Waals surface area contributed by atoms with Crippen molar-refractivity contribution in [2.24, 2.45) is 16.8 Å². The molecule has 1 aromatic heterocycles. The fourth-order valence-electron chi connectivity index (χ4n) is 1.63. The molecule has 0 aliphatic carbocycles. The van der Waals surface area contributed by atoms with Crippen LogP contribution in [-0.2, 0) is 0 Å². The van der Waals surface area contributed by atoms with Crippen LogP contribution in [0.4, 0.5) is 5.82 Å². The molecular formula is C12H19BrN4O. The number of pyridine rings is 1. The molecule has 0 saturated heterocycles. The van der Waals surface area contributed by atoms with Gasteiger partial charge >= 0.3 is 0 Å². The van der Waals surface area contributed by atoms with Crippen LogP contribution in [0, 0.1) is 5.92 Å². The lowest BCUT2D eigenvalue weighted by atomic mass is 10.2. The average Bonchev–Trinajstić information content (AvgIpc) is 2.34. The molecule has 0 atom stereocenters. The number of oxime groups is 1. The molecule has 5 nitrogen and oxygen atoms in total. The number of hydrogen-bond acceptors (Lipinski definition) is 4. The Kier molecular flexibility index (Phi) is 5.91. The molecule has 0 aliphatic rings. The maximum Gasteiger partial charge on any atom is 0.142 e. The smallest absolute Gasteiger partial charge is 0.142 e. The van der Waals surface area contributed by atoms with E-state index < -0.39 is 0 Å². The molecule has 0 radical (unpaired) electrons. The first-order chi connectivity index (χ1) is 8.54. The summed E-state index contributed by atoms with van der Waals surface area (Å²) in [6.07, 6.45) is 2.27. The molecule has 0 amide bonds. The number of hydrogen-bond donors (Lipinski definition) is 2. The first kappa shape index (κ1) is 14.8. The molecule has 1 rings (SSSR count). The van der Waals surface area contributed by atoms with Crippen LogP contribution < -0.4 is 10.6 Å². The highest BCUT2D eigenvalue weighted by Crippen LogP contribution is 2.23. The quantitative estimate of drug-likeness (QED) is 0.366. The Bertz CT molecular complexity index is 409. The summed E-state index contributed by atoms with van der Waals surface area (Å²) in [5.41, 5.74) is 5.51. The molecule has 6 heteroatoms. The van der Waals surface area contributed by atoms with Crippen LogP contribution >= 0.6 is 15.9 Å². The zero-order valence-corrected chi connectivity index (χ0v) is 12.3. The lowest BCUT2D eigenvalue weighted by Crippen LogP contribution is -2.32. The van der Waals surface area contributed by atoms with E-state index in [-0.39, 0.29) is 5.84 Å². The topological polar surface area (TPSA) is 74.7 Å². The molecule has 0 fully saturated rings. The van der Waals surface area contributed by atoms with Gasteiger partial charge in [-0.3, -0.25) is 0 Å². The molecule has 0 aliphatic heterocycles. The van der Waals surface area contributed by atoms with Crippen molar-refractivity contribution in [3.63, 3.8) is 0 Å². The van der Waals surface area contributed by atoms with Crippen molar-refractivity contribution in [1.29, 1.82) is 0 Å². The summed E-state index contributed by atoms with van der Waals surface area (Å²) in [4.78, 5) is 6.50. The van der Waals surface area contributed by atoms with Crippen molar-refractivity contribution >= 4 is 27.6 Å². The first-order valence-electron chi connectivity index (χ1n) is 5.86. The standard InChI is InChI=1S/C12H19BrN4O/c1-9(2)8-17(7-5-11(14)16-18)12-10(13)4-3-6-15-12/h3-4,6,9,18H,5,7-8H2,1-2H3,(H2,14,16). The average molecular weight is 315 g/mol. The molecule has 3 N–H and O–H groups in total. The fraction of sp³-hybridized carbons (Fsp3) is 0.500. The fourth-order valence-corrected chi connectivity index (χ4v) is 2.14. The van der Waals surface area contributed by atoms with E-state index in [9.17, 15) is 0 Å². The molecular weight excluding hydrogens is 296 g/mol. The molecule has 0 spiro atoms. The zero-order chi connectivity index (χ0) is 13.5. The minimum absolute atomic E-state index is 0.232. The van der Waals surface area contributed by atoms with Crippen molar-refractivity contribution in [2.75, 3.05) is 18.0 Å². The van der Waals surface area contributed by atoms with E-state index in [0.717, 1.165) is 16.8 Å². The lowest BCUT2D eigenvalue weighted by Gasteiger charge is -2.26. The third-order valence-corrected chi connectivity index (χ3v) is 3.01. The van der Waals surface area contributed by atoms with Crippen molar-refractivity contribution in [1.82, 2.24) is 4.98 Å². The predicted octanol–water partition coefficient (Wildman–Crippen LogP) is 2.44. The van der Waals surface area contributed by atoms with Crippen molar-refractivity contribution in [2.45, 2.75) is 20.3 Å². The molecule has 0 bridgehead atoms. The van der Waals surface area contributed by atoms with Gasteiger partial charge in [0.15, 0.2) is 0 Å². The second kappa shape index (κ2) is 7.20. The van der Waals surface area contributed by atoms with E-state index in [1.807, 2.05) is 12.1 Å². The van der Waals surface area contributed by atoms with Gasteiger partial charge in [0.2, 0.25) is 0 Å². The van der Waals surface area contributed by atoms with Crippen molar-refractivity contribution in [3.8, 4) is 0 Å². The summed E-state index contributed by atoms with van der Waals surface area (Å²) in [6.45, 7) is 5.83. The van der Waals surface area contributed by atoms with Gasteiger partial charge in [0.1, 0.15) is 11.7 Å². The van der Waals surface area contributed by atoms with Crippen LogP contribution in [0.3, 0.4) is 0 Å². The summed E-state index contributed by atoms with van der Waals surface area (Å²) in [6, 6.07) is 3.84. The number of amidine groups is 1. The summed E-state index contributed by atoms with van der Waals surface area (Å²) in [5, 5.41) is 11.6. The van der Waals surface area contributed by atoms with Gasteiger partial charge in [0.25, 0.3) is 0 Å². The Morgan fingerprint density at radius 2 is 2.33 bits per heavy atom. The van der Waals surface area contributed by atoms with Gasteiger partial charge in [-0.2, -0.15) is 0 Å². The first-order valence-corrected chi connectivity index (χ1v) is 6.65. The maximum absolute atomic E-state index is 8.57. The Morgan fingerprint density at radius 1 is 1.61 bits per heavy atom. The summed E-state index contributed by atoms with van der Waals surface area (Å²) in [7, 11) is 0. The molecule has 0 saturated carbocycles. The number of nitrogens with zero attached hydrogens (tertiary/aromatic N) is 3. The number of halogens is 1. The third-order valence-electron chi connectivity index (χ3n) is 2.39. The Hall–Kier alpha value is -1.30. The number of anilines is 1. The van der Waals surface area contributed by atoms with Crippen LogP contribution in [0.5, 0.6) is 0 Å². The number of rotatable bonds is 6. The third kappa shape index (κ3) is 4.52. The van der Waals surface area contributed by atoms with E-state index >= 15 is 0 Å². The zero-order valence-electron chi connectivity index (χ0n) is 10.7. The van der Waals surface area contributed by atoms with Gasteiger partial charge < -0.3 is 15.8 Å². The van der Waals surface area contributed by atoms with Crippen molar-refractivity contribution < 1.29 is 5.21 Å². The molecule has 0 aromatic carbocycles. The van der Waals surface area contributed by atoms with E-state index in [0.29, 0.717) is 18.9 Å². The maximum atomic E-state index is 8.57. The molecule has 18 heavy (non-hydrogen) atoms. The van der Waals surface area contributed by atoms with Crippen LogP contribution in [0.2, 0.25) is 0 Å². The van der Waals surface area contributed by atoms with E-state index in [2.05, 4.69) is 44.8 Å². The molecule has 100 valence electrons. The van der Waals surface area contributed by atoms with Crippen LogP contribution in [0.1, 0.15) is 20.3 Å². The van der Waals surface area contributed by atoms with Gasteiger partial charge in [-0.05, 0) is 34.0 Å². The lowest BCUT2D eigenvalue weighted by molar-refractivity contribution is 0.317. The minimum Gasteiger partial charge on any atom is -0.409 e. The highest BCUT2D eigenvalue weighted by Gasteiger charge is 2.13. The normalized spacial score (nSPS) is 11.9. The van der Waals surface area contributed by atoms with E-state index in [1.165, 1.54) is 0 Å². The summed E-state index contributed by atoms with van der Waals surface area (Å²) < 4.78 is 0.949. The van der Waals surface area contributed by atoms with Gasteiger partial charge in [0.05, 0.1) is 4.47 Å². The van der Waals surface area contributed by atoms with Gasteiger partial charge in [-0.1, -0.05) is 19.0 Å². The predicted molar refractivity (Wildman–Crippen MR) is 77.0 cm³/mol. The Balaban J connectivity index is 2.81. The second-order valence-electron chi connectivity index (χ2n) is 4.49. The largest absolute Gasteiger partial charge is 0.409 e.